The van der Waals surface area contributed by atoms with Crippen LogP contribution in [0.3, 0.4) is 0 Å². The van der Waals surface area contributed by atoms with Crippen molar-refractivity contribution in [1.82, 2.24) is 29.3 Å². The summed E-state index contributed by atoms with van der Waals surface area (Å²) in [5.74, 6) is 0. The summed E-state index contributed by atoms with van der Waals surface area (Å²) in [5.41, 5.74) is 4.69. The average Bonchev–Trinajstić information content (AvgIpc) is 3.26. The molecule has 6 nitrogen and oxygen atoms in total. The Bertz CT molecular complexity index is 758. The summed E-state index contributed by atoms with van der Waals surface area (Å²) < 4.78 is 2.01. The number of rotatable bonds is 8. The number of aryl methyl sites for hydroxylation is 1. The Labute approximate surface area is 149 Å². The molecule has 2 heterocycles. The summed E-state index contributed by atoms with van der Waals surface area (Å²) in [7, 11) is 4.22. The predicted molar refractivity (Wildman–Crippen MR) is 99.6 cm³/mol. The molecule has 1 N–H and O–H groups in total. The van der Waals surface area contributed by atoms with Crippen LogP contribution in [0.25, 0.3) is 5.69 Å². The van der Waals surface area contributed by atoms with Gasteiger partial charge in [0.1, 0.15) is 0 Å². The van der Waals surface area contributed by atoms with Gasteiger partial charge in [0.15, 0.2) is 0 Å². The van der Waals surface area contributed by atoms with E-state index in [0.29, 0.717) is 0 Å². The standard InChI is InChI=1S/C19H26N6/c1-16-19(22-14-21-16)13-24(11-10-23(2)3)12-17-4-6-18(7-5-17)25-9-8-20-15-25/h4-9,14-15H,10-13H2,1-3H3,(H,21,22). The quantitative estimate of drug-likeness (QED) is 0.685. The largest absolute Gasteiger partial charge is 0.348 e. The zero-order chi connectivity index (χ0) is 17.6. The van der Waals surface area contributed by atoms with E-state index >= 15 is 0 Å². The lowest BCUT2D eigenvalue weighted by molar-refractivity contribution is 0.224. The van der Waals surface area contributed by atoms with Crippen LogP contribution < -0.4 is 0 Å². The maximum atomic E-state index is 4.45. The highest BCUT2D eigenvalue weighted by Gasteiger charge is 2.11. The lowest BCUT2D eigenvalue weighted by Crippen LogP contribution is -2.31. The van der Waals surface area contributed by atoms with Crippen LogP contribution in [0.15, 0.2) is 49.3 Å². The summed E-state index contributed by atoms with van der Waals surface area (Å²) in [5, 5.41) is 0. The Kier molecular flexibility index (Phi) is 5.63. The number of nitrogens with zero attached hydrogens (tertiary/aromatic N) is 5. The highest BCUT2D eigenvalue weighted by Crippen LogP contribution is 2.13. The van der Waals surface area contributed by atoms with Gasteiger partial charge in [-0.2, -0.15) is 0 Å². The molecule has 0 fully saturated rings. The first-order chi connectivity index (χ1) is 12.1. The molecule has 132 valence electrons. The van der Waals surface area contributed by atoms with Crippen molar-refractivity contribution in [2.75, 3.05) is 27.2 Å². The molecule has 6 heteroatoms. The number of aromatic amines is 1. The number of hydrogen-bond acceptors (Lipinski definition) is 4. The molecule has 25 heavy (non-hydrogen) atoms. The van der Waals surface area contributed by atoms with E-state index in [1.165, 1.54) is 5.56 Å². The first kappa shape index (κ1) is 17.4. The maximum absolute atomic E-state index is 4.45. The molecule has 0 radical (unpaired) electrons. The summed E-state index contributed by atoms with van der Waals surface area (Å²) in [6.07, 6.45) is 7.34. The second-order valence-electron chi connectivity index (χ2n) is 6.62. The molecule has 1 aromatic carbocycles. The van der Waals surface area contributed by atoms with Gasteiger partial charge in [-0.1, -0.05) is 12.1 Å². The molecule has 0 bridgehead atoms. The number of aromatic nitrogens is 4. The number of hydrogen-bond donors (Lipinski definition) is 1. The molecular weight excluding hydrogens is 312 g/mol. The third kappa shape index (κ3) is 4.78. The lowest BCUT2D eigenvalue weighted by atomic mass is 10.2. The minimum absolute atomic E-state index is 0.854. The molecule has 3 aromatic rings. The van der Waals surface area contributed by atoms with Crippen LogP contribution in [0.4, 0.5) is 0 Å². The van der Waals surface area contributed by atoms with E-state index in [-0.39, 0.29) is 0 Å². The average molecular weight is 338 g/mol. The molecule has 0 unspecified atom stereocenters. The van der Waals surface area contributed by atoms with Crippen LogP contribution in [0.2, 0.25) is 0 Å². The SMILES string of the molecule is Cc1[nH]cnc1CN(CCN(C)C)Cc1ccc(-n2ccnc2)cc1. The Hall–Kier alpha value is -2.44. The molecule has 0 amide bonds. The Balaban J connectivity index is 1.69. The third-order valence-corrected chi connectivity index (χ3v) is 4.32. The van der Waals surface area contributed by atoms with E-state index in [1.807, 2.05) is 17.1 Å². The normalized spacial score (nSPS) is 11.6. The highest BCUT2D eigenvalue weighted by atomic mass is 15.2. The number of nitrogens with one attached hydrogen (secondary N) is 1. The Morgan fingerprint density at radius 3 is 2.48 bits per heavy atom. The molecule has 2 aromatic heterocycles. The van der Waals surface area contributed by atoms with E-state index in [1.54, 1.807) is 12.5 Å². The Morgan fingerprint density at radius 1 is 1.08 bits per heavy atom. The second kappa shape index (κ2) is 8.09. The fourth-order valence-corrected chi connectivity index (χ4v) is 2.76. The summed E-state index contributed by atoms with van der Waals surface area (Å²) >= 11 is 0. The number of imidazole rings is 2. The summed E-state index contributed by atoms with van der Waals surface area (Å²) in [4.78, 5) is 16.4. The van der Waals surface area contributed by atoms with Crippen LogP contribution in [-0.2, 0) is 13.1 Å². The third-order valence-electron chi connectivity index (χ3n) is 4.32. The van der Waals surface area contributed by atoms with Crippen molar-refractivity contribution in [3.63, 3.8) is 0 Å². The molecular formula is C19H26N6. The maximum Gasteiger partial charge on any atom is 0.0991 e. The molecule has 0 saturated carbocycles. The smallest absolute Gasteiger partial charge is 0.0991 e. The molecule has 0 aliphatic carbocycles. The van der Waals surface area contributed by atoms with E-state index in [2.05, 4.69) is 70.0 Å². The van der Waals surface area contributed by atoms with Gasteiger partial charge in [0.2, 0.25) is 0 Å². The van der Waals surface area contributed by atoms with Gasteiger partial charge in [-0.15, -0.1) is 0 Å². The van der Waals surface area contributed by atoms with E-state index < -0.39 is 0 Å². The van der Waals surface area contributed by atoms with Gasteiger partial charge < -0.3 is 14.5 Å². The molecule has 0 saturated heterocycles. The van der Waals surface area contributed by atoms with Crippen molar-refractivity contribution in [2.45, 2.75) is 20.0 Å². The topological polar surface area (TPSA) is 53.0 Å². The zero-order valence-electron chi connectivity index (χ0n) is 15.2. The van der Waals surface area contributed by atoms with Gasteiger partial charge in [-0.25, -0.2) is 9.97 Å². The molecule has 0 aliphatic rings. The summed E-state index contributed by atoms with van der Waals surface area (Å²) in [6.45, 7) is 5.86. The van der Waals surface area contributed by atoms with Crippen molar-refractivity contribution >= 4 is 0 Å². The minimum Gasteiger partial charge on any atom is -0.348 e. The van der Waals surface area contributed by atoms with Gasteiger partial charge in [-0.3, -0.25) is 4.90 Å². The van der Waals surface area contributed by atoms with Crippen LogP contribution in [0.1, 0.15) is 17.0 Å². The van der Waals surface area contributed by atoms with Crippen LogP contribution >= 0.6 is 0 Å². The fraction of sp³-hybridized carbons (Fsp3) is 0.368. The summed E-state index contributed by atoms with van der Waals surface area (Å²) in [6, 6.07) is 8.66. The molecule has 3 rings (SSSR count). The number of likely N-dealkylation sites (N-methyl/N-ethyl adjacent to an activating group) is 1. The van der Waals surface area contributed by atoms with Crippen molar-refractivity contribution in [1.29, 1.82) is 0 Å². The van der Waals surface area contributed by atoms with Crippen molar-refractivity contribution in [3.05, 3.63) is 66.3 Å². The molecule has 0 aliphatic heterocycles. The van der Waals surface area contributed by atoms with Gasteiger partial charge in [-0.05, 0) is 38.7 Å². The second-order valence-corrected chi connectivity index (χ2v) is 6.62. The lowest BCUT2D eigenvalue weighted by Gasteiger charge is -2.24. The highest BCUT2D eigenvalue weighted by molar-refractivity contribution is 5.34. The van der Waals surface area contributed by atoms with Crippen molar-refractivity contribution in [2.24, 2.45) is 0 Å². The van der Waals surface area contributed by atoms with Crippen molar-refractivity contribution < 1.29 is 0 Å². The van der Waals surface area contributed by atoms with E-state index in [0.717, 1.165) is 43.3 Å². The first-order valence-corrected chi connectivity index (χ1v) is 8.55. The van der Waals surface area contributed by atoms with Crippen LogP contribution in [-0.4, -0.2) is 56.5 Å². The van der Waals surface area contributed by atoms with Crippen molar-refractivity contribution in [3.8, 4) is 5.69 Å². The predicted octanol–water partition coefficient (Wildman–Crippen LogP) is 2.47. The van der Waals surface area contributed by atoms with E-state index in [9.17, 15) is 0 Å². The van der Waals surface area contributed by atoms with Gasteiger partial charge in [0.05, 0.1) is 18.3 Å². The molecule has 0 spiro atoms. The Morgan fingerprint density at radius 2 is 1.88 bits per heavy atom. The number of benzene rings is 1. The minimum atomic E-state index is 0.854. The van der Waals surface area contributed by atoms with Gasteiger partial charge in [0, 0.05) is 50.0 Å². The van der Waals surface area contributed by atoms with E-state index in [4.69, 9.17) is 0 Å². The first-order valence-electron chi connectivity index (χ1n) is 8.55. The van der Waals surface area contributed by atoms with Gasteiger partial charge in [0.25, 0.3) is 0 Å². The van der Waals surface area contributed by atoms with Gasteiger partial charge >= 0.3 is 0 Å². The van der Waals surface area contributed by atoms with Crippen LogP contribution in [0, 0.1) is 6.92 Å². The monoisotopic (exact) mass is 338 g/mol. The molecule has 0 atom stereocenters. The number of H-pyrrole nitrogens is 1. The van der Waals surface area contributed by atoms with Crippen LogP contribution in [0.5, 0.6) is 0 Å². The fourth-order valence-electron chi connectivity index (χ4n) is 2.76. The zero-order valence-corrected chi connectivity index (χ0v) is 15.2.